The Labute approximate surface area is 222 Å². The fraction of sp³-hybridized carbons (Fsp3) is 0.935. The highest BCUT2D eigenvalue weighted by molar-refractivity contribution is 6.20. The van der Waals surface area contributed by atoms with Crippen molar-refractivity contribution in [2.75, 3.05) is 40.3 Å². The first-order chi connectivity index (χ1) is 16.9. The van der Waals surface area contributed by atoms with Crippen LogP contribution in [0.1, 0.15) is 97.3 Å². The third-order valence-electron chi connectivity index (χ3n) is 10.4. The van der Waals surface area contributed by atoms with Crippen molar-refractivity contribution < 1.29 is 0 Å². The van der Waals surface area contributed by atoms with Gasteiger partial charge in [0.25, 0.3) is 0 Å². The summed E-state index contributed by atoms with van der Waals surface area (Å²) in [5.74, 6) is 4.43. The molecular weight excluding hydrogens is 450 g/mol. The van der Waals surface area contributed by atoms with Gasteiger partial charge in [0.2, 0.25) is 0 Å². The molecule has 202 valence electrons. The summed E-state index contributed by atoms with van der Waals surface area (Å²) in [7, 11) is 4.54. The molecule has 0 amide bonds. The van der Waals surface area contributed by atoms with Crippen molar-refractivity contribution in [1.82, 2.24) is 15.1 Å². The van der Waals surface area contributed by atoms with Crippen LogP contribution in [-0.2, 0) is 0 Å². The molecule has 1 aliphatic heterocycles. The van der Waals surface area contributed by atoms with Crippen LogP contribution in [-0.4, -0.2) is 67.5 Å². The second-order valence-electron chi connectivity index (χ2n) is 13.3. The van der Waals surface area contributed by atoms with E-state index in [1.165, 1.54) is 103 Å². The van der Waals surface area contributed by atoms with Crippen molar-refractivity contribution in [3.8, 4) is 0 Å². The van der Waals surface area contributed by atoms with Gasteiger partial charge in [-0.1, -0.05) is 38.3 Å². The molecule has 1 saturated heterocycles. The van der Waals surface area contributed by atoms with E-state index in [1.807, 2.05) is 0 Å². The van der Waals surface area contributed by atoms with Gasteiger partial charge in [0.15, 0.2) is 0 Å². The van der Waals surface area contributed by atoms with E-state index in [1.54, 1.807) is 5.57 Å². The summed E-state index contributed by atoms with van der Waals surface area (Å²) < 4.78 is 0. The van der Waals surface area contributed by atoms with Crippen molar-refractivity contribution in [2.24, 2.45) is 29.6 Å². The van der Waals surface area contributed by atoms with Crippen LogP contribution < -0.4 is 5.32 Å². The third-order valence-corrected chi connectivity index (χ3v) is 10.8. The van der Waals surface area contributed by atoms with Gasteiger partial charge in [-0.05, 0) is 134 Å². The van der Waals surface area contributed by atoms with Crippen LogP contribution in [0.3, 0.4) is 0 Å². The topological polar surface area (TPSA) is 18.5 Å². The van der Waals surface area contributed by atoms with E-state index in [9.17, 15) is 0 Å². The Morgan fingerprint density at radius 3 is 2.34 bits per heavy atom. The maximum absolute atomic E-state index is 6.32. The molecule has 35 heavy (non-hydrogen) atoms. The fourth-order valence-electron chi connectivity index (χ4n) is 7.82. The first-order valence-electron chi connectivity index (χ1n) is 15.3. The van der Waals surface area contributed by atoms with E-state index in [0.717, 1.165) is 36.1 Å². The zero-order valence-electron chi connectivity index (χ0n) is 23.5. The molecule has 0 spiro atoms. The molecule has 3 aliphatic carbocycles. The lowest BCUT2D eigenvalue weighted by Crippen LogP contribution is -2.48. The minimum Gasteiger partial charge on any atom is -0.312 e. The Hall–Kier alpha value is -0.0900. The number of nitrogens with zero attached hydrogens (tertiary/aromatic N) is 2. The van der Waals surface area contributed by atoms with Crippen molar-refractivity contribution >= 4 is 11.6 Å². The van der Waals surface area contributed by atoms with Gasteiger partial charge >= 0.3 is 0 Å². The Morgan fingerprint density at radius 1 is 0.971 bits per heavy atom. The van der Waals surface area contributed by atoms with E-state index in [4.69, 9.17) is 11.6 Å². The molecule has 0 aromatic carbocycles. The molecule has 4 rings (SSSR count). The van der Waals surface area contributed by atoms with Crippen LogP contribution in [0.5, 0.6) is 0 Å². The normalized spacial score (nSPS) is 34.8. The van der Waals surface area contributed by atoms with Gasteiger partial charge in [0.05, 0.1) is 0 Å². The summed E-state index contributed by atoms with van der Waals surface area (Å²) in [4.78, 5) is 5.22. The summed E-state index contributed by atoms with van der Waals surface area (Å²) in [5, 5.41) is 4.47. The van der Waals surface area contributed by atoms with Crippen LogP contribution in [0.15, 0.2) is 11.6 Å². The molecule has 1 N–H and O–H groups in total. The Bertz CT molecular complexity index is 646. The van der Waals surface area contributed by atoms with Gasteiger partial charge < -0.3 is 15.1 Å². The molecule has 0 aromatic heterocycles. The van der Waals surface area contributed by atoms with Crippen molar-refractivity contribution in [3.05, 3.63) is 11.6 Å². The number of halogens is 1. The molecule has 2 saturated carbocycles. The molecular formula is C31H56ClN3. The minimum absolute atomic E-state index is 0.384. The van der Waals surface area contributed by atoms with Crippen LogP contribution in [0.25, 0.3) is 0 Å². The number of hydrogen-bond acceptors (Lipinski definition) is 3. The first-order valence-corrected chi connectivity index (χ1v) is 15.8. The number of likely N-dealkylation sites (tertiary alicyclic amines) is 1. The second-order valence-corrected chi connectivity index (χ2v) is 13.9. The predicted molar refractivity (Wildman–Crippen MR) is 152 cm³/mol. The van der Waals surface area contributed by atoms with Crippen LogP contribution >= 0.6 is 11.6 Å². The highest BCUT2D eigenvalue weighted by Gasteiger charge is 2.33. The first kappa shape index (κ1) is 27.9. The minimum atomic E-state index is 0.384. The van der Waals surface area contributed by atoms with Crippen LogP contribution in [0.2, 0.25) is 0 Å². The molecule has 3 nitrogen and oxygen atoms in total. The van der Waals surface area contributed by atoms with Gasteiger partial charge in [-0.15, -0.1) is 11.6 Å². The van der Waals surface area contributed by atoms with Gasteiger partial charge in [-0.3, -0.25) is 0 Å². The third kappa shape index (κ3) is 8.20. The van der Waals surface area contributed by atoms with Crippen molar-refractivity contribution in [1.29, 1.82) is 0 Å². The summed E-state index contributed by atoms with van der Waals surface area (Å²) in [6.07, 6.45) is 20.4. The van der Waals surface area contributed by atoms with E-state index in [-0.39, 0.29) is 0 Å². The number of hydrogen-bond donors (Lipinski definition) is 1. The predicted octanol–water partition coefficient (Wildman–Crippen LogP) is 6.96. The van der Waals surface area contributed by atoms with Crippen LogP contribution in [0, 0.1) is 29.6 Å². The SMILES string of the molecule is CC(C)[C@H](CN1CCC(C2=CCC(Cl)CC2)CC1)NCC1CCCC(C2CCC(N(C)C)CC2)C1. The van der Waals surface area contributed by atoms with E-state index >= 15 is 0 Å². The quantitative estimate of drug-likeness (QED) is 0.270. The smallest absolute Gasteiger partial charge is 0.0373 e. The lowest BCUT2D eigenvalue weighted by atomic mass is 9.69. The Kier molecular flexibility index (Phi) is 10.9. The van der Waals surface area contributed by atoms with Crippen LogP contribution in [0.4, 0.5) is 0 Å². The van der Waals surface area contributed by atoms with Gasteiger partial charge in [-0.2, -0.15) is 0 Å². The zero-order chi connectivity index (χ0) is 24.8. The maximum Gasteiger partial charge on any atom is 0.0373 e. The maximum atomic E-state index is 6.32. The molecule has 3 fully saturated rings. The average Bonchev–Trinajstić information content (AvgIpc) is 2.87. The summed E-state index contributed by atoms with van der Waals surface area (Å²) >= 11 is 6.32. The van der Waals surface area contributed by atoms with E-state index < -0.39 is 0 Å². The monoisotopic (exact) mass is 505 g/mol. The number of rotatable bonds is 9. The van der Waals surface area contributed by atoms with E-state index in [0.29, 0.717) is 17.3 Å². The zero-order valence-corrected chi connectivity index (χ0v) is 24.2. The molecule has 3 unspecified atom stereocenters. The Balaban J connectivity index is 1.18. The van der Waals surface area contributed by atoms with Crippen molar-refractivity contribution in [2.45, 2.75) is 115 Å². The highest BCUT2D eigenvalue weighted by atomic mass is 35.5. The lowest BCUT2D eigenvalue weighted by Gasteiger charge is -2.40. The van der Waals surface area contributed by atoms with Crippen molar-refractivity contribution in [3.63, 3.8) is 0 Å². The average molecular weight is 506 g/mol. The summed E-state index contributed by atoms with van der Waals surface area (Å²) in [6.45, 7) is 9.88. The molecule has 0 radical (unpaired) electrons. The largest absolute Gasteiger partial charge is 0.312 e. The number of alkyl halides is 1. The Morgan fingerprint density at radius 2 is 1.71 bits per heavy atom. The molecule has 0 aromatic rings. The molecule has 4 aliphatic rings. The standard InChI is InChI=1S/C31H56ClN3/c1-23(2)31(22-35-18-16-27(17-19-35)25-8-12-29(32)13-9-25)33-21-24-6-5-7-28(20-24)26-10-14-30(15-11-26)34(3)4/h8,23-24,26-31,33H,5-7,9-22H2,1-4H3/t24?,26?,28?,29?,30?,31-/m0/s1. The van der Waals surface area contributed by atoms with Gasteiger partial charge in [0.1, 0.15) is 0 Å². The number of piperidine rings is 1. The molecule has 0 bridgehead atoms. The second kappa shape index (κ2) is 13.6. The summed E-state index contributed by atoms with van der Waals surface area (Å²) in [5.41, 5.74) is 1.72. The number of allylic oxidation sites excluding steroid dienone is 2. The molecule has 1 heterocycles. The summed E-state index contributed by atoms with van der Waals surface area (Å²) in [6, 6.07) is 1.47. The number of nitrogens with one attached hydrogen (secondary N) is 1. The fourth-order valence-corrected chi connectivity index (χ4v) is 8.02. The lowest BCUT2D eigenvalue weighted by molar-refractivity contribution is 0.116. The molecule has 4 atom stereocenters. The van der Waals surface area contributed by atoms with E-state index in [2.05, 4.69) is 49.1 Å². The highest BCUT2D eigenvalue weighted by Crippen LogP contribution is 2.41. The van der Waals surface area contributed by atoms with Gasteiger partial charge in [-0.25, -0.2) is 0 Å². The molecule has 4 heteroatoms. The van der Waals surface area contributed by atoms with Gasteiger partial charge in [0, 0.05) is 24.0 Å².